The first-order valence-corrected chi connectivity index (χ1v) is 10.5. The van der Waals surface area contributed by atoms with E-state index in [0.29, 0.717) is 4.90 Å². The van der Waals surface area contributed by atoms with Crippen molar-refractivity contribution in [2.75, 3.05) is 10.8 Å². The highest BCUT2D eigenvalue weighted by Crippen LogP contribution is 2.53. The third-order valence-electron chi connectivity index (χ3n) is 5.52. The molecule has 2 aromatic carbocycles. The minimum Gasteiger partial charge on any atom is -0.296 e. The second kappa shape index (κ2) is 6.25. The zero-order valence-corrected chi connectivity index (χ0v) is 16.0. The Morgan fingerprint density at radius 3 is 2.58 bits per heavy atom. The molecule has 0 bridgehead atoms. The van der Waals surface area contributed by atoms with Gasteiger partial charge >= 0.3 is 0 Å². The van der Waals surface area contributed by atoms with Gasteiger partial charge in [-0.3, -0.25) is 5.32 Å². The molecule has 0 aliphatic carbocycles. The first kappa shape index (κ1) is 17.3. The van der Waals surface area contributed by atoms with Crippen LogP contribution in [-0.4, -0.2) is 21.1 Å². The fraction of sp³-hybridized carbons (Fsp3) is 0.333. The van der Waals surface area contributed by atoms with Crippen molar-refractivity contribution in [3.8, 4) is 0 Å². The van der Waals surface area contributed by atoms with Crippen molar-refractivity contribution >= 4 is 15.7 Å². The van der Waals surface area contributed by atoms with Crippen molar-refractivity contribution in [1.29, 1.82) is 0 Å². The molecule has 2 atom stereocenters. The van der Waals surface area contributed by atoms with Gasteiger partial charge in [0.05, 0.1) is 10.6 Å². The highest BCUT2D eigenvalue weighted by Gasteiger charge is 2.56. The summed E-state index contributed by atoms with van der Waals surface area (Å²) in [6, 6.07) is 16.7. The molecule has 0 saturated carbocycles. The van der Waals surface area contributed by atoms with Gasteiger partial charge in [-0.25, -0.2) is 12.7 Å². The van der Waals surface area contributed by atoms with Gasteiger partial charge in [-0.1, -0.05) is 48.0 Å². The average Bonchev–Trinajstić information content (AvgIpc) is 3.16. The lowest BCUT2D eigenvalue weighted by Crippen LogP contribution is -2.50. The fourth-order valence-electron chi connectivity index (χ4n) is 4.26. The number of fused-ring (bicyclic) bond motifs is 3. The number of nitrogens with one attached hydrogen (secondary N) is 1. The lowest BCUT2D eigenvalue weighted by Gasteiger charge is -2.32. The zero-order valence-electron chi connectivity index (χ0n) is 15.1. The summed E-state index contributed by atoms with van der Waals surface area (Å²) in [4.78, 5) is 0.335. The van der Waals surface area contributed by atoms with Gasteiger partial charge in [0.25, 0.3) is 10.0 Å². The van der Waals surface area contributed by atoms with E-state index in [1.54, 1.807) is 28.6 Å². The van der Waals surface area contributed by atoms with Crippen molar-refractivity contribution in [2.45, 2.75) is 43.2 Å². The molecular formula is C21H24N2O2S. The van der Waals surface area contributed by atoms with Crippen LogP contribution >= 0.6 is 0 Å². The van der Waals surface area contributed by atoms with E-state index in [2.05, 4.69) is 31.3 Å². The molecule has 1 fully saturated rings. The van der Waals surface area contributed by atoms with Gasteiger partial charge in [-0.2, -0.15) is 0 Å². The number of anilines is 1. The van der Waals surface area contributed by atoms with E-state index < -0.39 is 10.0 Å². The molecule has 5 heteroatoms. The number of nitrogens with zero attached hydrogens (tertiary/aromatic N) is 1. The largest absolute Gasteiger partial charge is 0.296 e. The Balaban J connectivity index is 1.89. The van der Waals surface area contributed by atoms with Gasteiger partial charge in [-0.15, -0.1) is 0 Å². The molecule has 1 saturated heterocycles. The van der Waals surface area contributed by atoms with E-state index in [-0.39, 0.29) is 11.6 Å². The van der Waals surface area contributed by atoms with Gasteiger partial charge in [-0.05, 0) is 57.0 Å². The van der Waals surface area contributed by atoms with Crippen LogP contribution in [0.3, 0.4) is 0 Å². The summed E-state index contributed by atoms with van der Waals surface area (Å²) in [6.07, 6.45) is 3.75. The topological polar surface area (TPSA) is 49.4 Å². The van der Waals surface area contributed by atoms with Crippen LogP contribution in [0.2, 0.25) is 0 Å². The Kier molecular flexibility index (Phi) is 4.16. The number of hydrogen-bond donors (Lipinski definition) is 1. The molecule has 0 unspecified atom stereocenters. The van der Waals surface area contributed by atoms with E-state index in [4.69, 9.17) is 0 Å². The number of hydrogen-bond acceptors (Lipinski definition) is 3. The van der Waals surface area contributed by atoms with Crippen LogP contribution in [0.1, 0.15) is 32.3 Å². The summed E-state index contributed by atoms with van der Waals surface area (Å²) >= 11 is 0. The van der Waals surface area contributed by atoms with Gasteiger partial charge < -0.3 is 0 Å². The Bertz CT molecular complexity index is 949. The van der Waals surface area contributed by atoms with Crippen LogP contribution in [0.4, 0.5) is 5.69 Å². The molecule has 4 nitrogen and oxygen atoms in total. The third-order valence-corrected chi connectivity index (χ3v) is 7.31. The molecule has 26 heavy (non-hydrogen) atoms. The number of allylic oxidation sites excluding steroid dienone is 2. The van der Waals surface area contributed by atoms with E-state index in [9.17, 15) is 8.42 Å². The van der Waals surface area contributed by atoms with Gasteiger partial charge in [0.2, 0.25) is 0 Å². The molecule has 1 N–H and O–H groups in total. The van der Waals surface area contributed by atoms with Crippen LogP contribution in [0.5, 0.6) is 0 Å². The molecule has 2 heterocycles. The van der Waals surface area contributed by atoms with Crippen LogP contribution in [-0.2, 0) is 15.4 Å². The Labute approximate surface area is 155 Å². The molecule has 2 aliphatic heterocycles. The third kappa shape index (κ3) is 2.49. The SMILES string of the molecule is CC(C)=CC[C@]12CCN[C@H]1N(S(=O)(=O)c1ccccc1)c1ccccc12. The summed E-state index contributed by atoms with van der Waals surface area (Å²) in [5, 5.41) is 3.47. The fourth-order valence-corrected chi connectivity index (χ4v) is 5.96. The van der Waals surface area contributed by atoms with Crippen molar-refractivity contribution in [1.82, 2.24) is 5.32 Å². The van der Waals surface area contributed by atoms with Gasteiger partial charge in [0.15, 0.2) is 0 Å². The predicted octanol–water partition coefficient (Wildman–Crippen LogP) is 3.81. The van der Waals surface area contributed by atoms with E-state index in [1.165, 1.54) is 5.57 Å². The Morgan fingerprint density at radius 2 is 1.85 bits per heavy atom. The van der Waals surface area contributed by atoms with Crippen LogP contribution in [0, 0.1) is 0 Å². The van der Waals surface area contributed by atoms with Gasteiger partial charge in [0, 0.05) is 5.41 Å². The van der Waals surface area contributed by atoms with Gasteiger partial charge in [0.1, 0.15) is 6.17 Å². The molecule has 0 radical (unpaired) electrons. The Hall–Kier alpha value is -2.11. The standard InChI is InChI=1S/C21H24N2O2S/c1-16(2)12-13-21-14-15-22-20(21)23(19-11-7-6-10-18(19)21)26(24,25)17-8-4-3-5-9-17/h3-12,20,22H,13-15H2,1-2H3/t20-,21+/m0/s1. The molecule has 4 rings (SSSR count). The first-order valence-electron chi connectivity index (χ1n) is 9.02. The summed E-state index contributed by atoms with van der Waals surface area (Å²) in [5.41, 5.74) is 2.98. The summed E-state index contributed by atoms with van der Waals surface area (Å²) in [5.74, 6) is 0. The predicted molar refractivity (Wildman–Crippen MR) is 105 cm³/mol. The summed E-state index contributed by atoms with van der Waals surface area (Å²) in [7, 11) is -3.63. The second-order valence-corrected chi connectivity index (χ2v) is 9.19. The van der Waals surface area contributed by atoms with Crippen molar-refractivity contribution in [2.24, 2.45) is 0 Å². The van der Waals surface area contributed by atoms with Crippen LogP contribution in [0.15, 0.2) is 71.1 Å². The number of sulfonamides is 1. The smallest absolute Gasteiger partial charge is 0.265 e. The molecular weight excluding hydrogens is 344 g/mol. The molecule has 136 valence electrons. The second-order valence-electron chi connectivity index (χ2n) is 7.38. The molecule has 0 spiro atoms. The number of para-hydroxylation sites is 1. The molecule has 2 aromatic rings. The minimum absolute atomic E-state index is 0.213. The van der Waals surface area contributed by atoms with E-state index in [0.717, 1.165) is 30.6 Å². The minimum atomic E-state index is -3.63. The lowest BCUT2D eigenvalue weighted by molar-refractivity contribution is 0.405. The van der Waals surface area contributed by atoms with E-state index in [1.807, 2.05) is 24.3 Å². The maximum Gasteiger partial charge on any atom is 0.265 e. The normalized spacial score (nSPS) is 24.2. The maximum absolute atomic E-state index is 13.5. The van der Waals surface area contributed by atoms with Crippen LogP contribution < -0.4 is 9.62 Å². The Morgan fingerprint density at radius 1 is 1.15 bits per heavy atom. The monoisotopic (exact) mass is 368 g/mol. The number of rotatable bonds is 4. The summed E-state index contributed by atoms with van der Waals surface area (Å²) < 4.78 is 28.6. The molecule has 0 amide bonds. The lowest BCUT2D eigenvalue weighted by atomic mass is 9.76. The summed E-state index contributed by atoms with van der Waals surface area (Å²) in [6.45, 7) is 5.00. The number of benzene rings is 2. The molecule has 0 aromatic heterocycles. The van der Waals surface area contributed by atoms with Crippen molar-refractivity contribution in [3.63, 3.8) is 0 Å². The van der Waals surface area contributed by atoms with Crippen molar-refractivity contribution in [3.05, 3.63) is 71.8 Å². The first-order chi connectivity index (χ1) is 12.5. The average molecular weight is 369 g/mol. The maximum atomic E-state index is 13.5. The van der Waals surface area contributed by atoms with Crippen LogP contribution in [0.25, 0.3) is 0 Å². The van der Waals surface area contributed by atoms with Crippen molar-refractivity contribution < 1.29 is 8.42 Å². The van der Waals surface area contributed by atoms with E-state index >= 15 is 0 Å². The quantitative estimate of drug-likeness (QED) is 0.835. The zero-order chi connectivity index (χ0) is 18.4. The highest BCUT2D eigenvalue weighted by molar-refractivity contribution is 7.92. The highest BCUT2D eigenvalue weighted by atomic mass is 32.2. The molecule has 2 aliphatic rings.